The minimum Gasteiger partial charge on any atom is -0.303 e. The van der Waals surface area contributed by atoms with Gasteiger partial charge in [-0.2, -0.15) is 8.42 Å². The number of aryl methyl sites for hydroxylation is 2. The summed E-state index contributed by atoms with van der Waals surface area (Å²) in [5, 5.41) is 3.21. The van der Waals surface area contributed by atoms with Gasteiger partial charge < -0.3 is 4.40 Å². The number of benzene rings is 1. The first-order valence-electron chi connectivity index (χ1n) is 9.80. The quantitative estimate of drug-likeness (QED) is 0.229. The minimum absolute atomic E-state index is 0.206. The van der Waals surface area contributed by atoms with Crippen molar-refractivity contribution in [1.82, 2.24) is 9.38 Å². The third-order valence-electron chi connectivity index (χ3n) is 5.14. The molecule has 3 heterocycles. The molecule has 0 aliphatic carbocycles. The van der Waals surface area contributed by atoms with Crippen molar-refractivity contribution in [2.75, 3.05) is 5.75 Å². The summed E-state index contributed by atoms with van der Waals surface area (Å²) in [5.41, 5.74) is 5.56. The van der Waals surface area contributed by atoms with E-state index in [0.717, 1.165) is 28.4 Å². The molecule has 0 radical (unpaired) electrons. The summed E-state index contributed by atoms with van der Waals surface area (Å²) in [6.07, 6.45) is 2.89. The normalized spacial score (nSPS) is 12.1. The second kappa shape index (κ2) is 8.74. The molecule has 0 saturated carbocycles. The molecule has 0 saturated heterocycles. The van der Waals surface area contributed by atoms with Gasteiger partial charge >= 0.3 is 10.1 Å². The number of aromatic nitrogens is 2. The zero-order valence-corrected chi connectivity index (χ0v) is 19.6. The van der Waals surface area contributed by atoms with E-state index in [1.165, 1.54) is 33.0 Å². The molecule has 0 aliphatic rings. The topological polar surface area (TPSA) is 88.7 Å². The van der Waals surface area contributed by atoms with E-state index in [9.17, 15) is 13.2 Å². The SMILES string of the molecule is Cc1ccn2c(Cc3csc4cccc(C)c34)c(SCCCC(=O)S(=O)(=O)O)nc2c1. The Labute approximate surface area is 189 Å². The highest BCUT2D eigenvalue weighted by Crippen LogP contribution is 2.33. The Morgan fingerprint density at radius 2 is 2.06 bits per heavy atom. The summed E-state index contributed by atoms with van der Waals surface area (Å²) in [5.74, 6) is 0.528. The summed E-state index contributed by atoms with van der Waals surface area (Å²) in [6.45, 7) is 4.15. The predicted molar refractivity (Wildman–Crippen MR) is 126 cm³/mol. The fourth-order valence-corrected chi connectivity index (χ4v) is 6.04. The van der Waals surface area contributed by atoms with Gasteiger partial charge in [0, 0.05) is 29.5 Å². The molecule has 9 heteroatoms. The van der Waals surface area contributed by atoms with Crippen molar-refractivity contribution in [3.8, 4) is 0 Å². The Morgan fingerprint density at radius 3 is 2.84 bits per heavy atom. The summed E-state index contributed by atoms with van der Waals surface area (Å²) in [7, 11) is -4.61. The molecule has 1 aromatic carbocycles. The third kappa shape index (κ3) is 4.69. The Balaban J connectivity index is 1.63. The van der Waals surface area contributed by atoms with Crippen LogP contribution in [0.1, 0.15) is 35.2 Å². The lowest BCUT2D eigenvalue weighted by molar-refractivity contribution is -0.112. The first-order chi connectivity index (χ1) is 14.7. The van der Waals surface area contributed by atoms with E-state index in [4.69, 9.17) is 9.54 Å². The van der Waals surface area contributed by atoms with Gasteiger partial charge in [-0.1, -0.05) is 12.1 Å². The lowest BCUT2D eigenvalue weighted by atomic mass is 10.0. The summed E-state index contributed by atoms with van der Waals surface area (Å²) in [6, 6.07) is 10.4. The Bertz CT molecular complexity index is 1390. The van der Waals surface area contributed by atoms with Crippen LogP contribution in [0, 0.1) is 13.8 Å². The molecule has 31 heavy (non-hydrogen) atoms. The molecule has 4 rings (SSSR count). The lowest BCUT2D eigenvalue weighted by Crippen LogP contribution is -2.12. The Kier molecular flexibility index (Phi) is 6.20. The van der Waals surface area contributed by atoms with Crippen LogP contribution in [-0.2, 0) is 21.3 Å². The molecular weight excluding hydrogens is 452 g/mol. The zero-order valence-electron chi connectivity index (χ0n) is 17.2. The van der Waals surface area contributed by atoms with Crippen molar-refractivity contribution >= 4 is 54.1 Å². The van der Waals surface area contributed by atoms with Crippen LogP contribution < -0.4 is 0 Å². The molecule has 0 unspecified atom stereocenters. The molecule has 162 valence electrons. The molecule has 4 aromatic rings. The maximum absolute atomic E-state index is 11.4. The van der Waals surface area contributed by atoms with Crippen molar-refractivity contribution < 1.29 is 17.8 Å². The van der Waals surface area contributed by atoms with Crippen molar-refractivity contribution in [1.29, 1.82) is 0 Å². The van der Waals surface area contributed by atoms with Crippen LogP contribution in [0.2, 0.25) is 0 Å². The maximum atomic E-state index is 11.4. The van der Waals surface area contributed by atoms with Crippen LogP contribution in [0.5, 0.6) is 0 Å². The molecule has 0 fully saturated rings. The van der Waals surface area contributed by atoms with E-state index in [1.54, 1.807) is 11.3 Å². The van der Waals surface area contributed by atoms with Gasteiger partial charge in [-0.25, -0.2) is 4.98 Å². The van der Waals surface area contributed by atoms with Gasteiger partial charge in [-0.15, -0.1) is 23.1 Å². The Morgan fingerprint density at radius 1 is 1.26 bits per heavy atom. The molecule has 6 nitrogen and oxygen atoms in total. The fourth-order valence-electron chi connectivity index (χ4n) is 3.62. The van der Waals surface area contributed by atoms with Crippen LogP contribution in [0.15, 0.2) is 46.9 Å². The van der Waals surface area contributed by atoms with Crippen molar-refractivity contribution in [2.24, 2.45) is 0 Å². The fraction of sp³-hybridized carbons (Fsp3) is 0.273. The highest BCUT2D eigenvalue weighted by Gasteiger charge is 2.19. The van der Waals surface area contributed by atoms with E-state index in [1.807, 2.05) is 25.3 Å². The van der Waals surface area contributed by atoms with E-state index >= 15 is 0 Å². The van der Waals surface area contributed by atoms with Crippen molar-refractivity contribution in [3.05, 3.63) is 64.3 Å². The summed E-state index contributed by atoms with van der Waals surface area (Å²) in [4.78, 5) is 16.2. The van der Waals surface area contributed by atoms with Gasteiger partial charge in [0.2, 0.25) is 0 Å². The van der Waals surface area contributed by atoms with Crippen molar-refractivity contribution in [3.63, 3.8) is 0 Å². The molecule has 0 aliphatic heterocycles. The van der Waals surface area contributed by atoms with E-state index in [0.29, 0.717) is 12.2 Å². The molecule has 3 aromatic heterocycles. The number of hydrogen-bond acceptors (Lipinski definition) is 6. The molecule has 1 N–H and O–H groups in total. The number of nitrogens with zero attached hydrogens (tertiary/aromatic N) is 2. The number of hydrogen-bond donors (Lipinski definition) is 1. The predicted octanol–water partition coefficient (Wildman–Crippen LogP) is 5.04. The first-order valence-corrected chi connectivity index (χ1v) is 13.1. The lowest BCUT2D eigenvalue weighted by Gasteiger charge is -2.07. The van der Waals surface area contributed by atoms with Crippen molar-refractivity contribution in [2.45, 2.75) is 38.1 Å². The van der Waals surface area contributed by atoms with Gasteiger partial charge in [0.05, 0.1) is 5.69 Å². The van der Waals surface area contributed by atoms with Crippen LogP contribution in [0.3, 0.4) is 0 Å². The number of rotatable bonds is 7. The van der Waals surface area contributed by atoms with E-state index in [-0.39, 0.29) is 6.42 Å². The second-order valence-corrected chi connectivity index (χ2v) is 10.9. The van der Waals surface area contributed by atoms with Gasteiger partial charge in [-0.05, 0) is 65.9 Å². The number of carbonyl (C=O) groups is 1. The standard InChI is InChI=1S/C22H22N2O4S3/c1-14-8-9-24-17(12-16-13-30-18-6-3-5-15(2)21(16)18)22(23-19(24)11-14)29-10-4-7-20(25)31(26,27)28/h3,5-6,8-9,11,13H,4,7,10,12H2,1-2H3,(H,26,27,28). The Hall–Kier alpha value is -2.20. The number of carbonyl (C=O) groups excluding carboxylic acids is 1. The van der Waals surface area contributed by atoms with Gasteiger partial charge in [0.25, 0.3) is 5.12 Å². The largest absolute Gasteiger partial charge is 0.328 e. The summed E-state index contributed by atoms with van der Waals surface area (Å²) >= 11 is 3.24. The molecule has 0 bridgehead atoms. The van der Waals surface area contributed by atoms with Gasteiger partial charge in [-0.3, -0.25) is 9.35 Å². The third-order valence-corrected chi connectivity index (χ3v) is 8.01. The summed E-state index contributed by atoms with van der Waals surface area (Å²) < 4.78 is 34.0. The maximum Gasteiger partial charge on any atom is 0.328 e. The zero-order chi connectivity index (χ0) is 22.2. The van der Waals surface area contributed by atoms with Crippen LogP contribution >= 0.6 is 23.1 Å². The number of thiophene rings is 1. The minimum atomic E-state index is -4.61. The number of pyridine rings is 1. The molecule has 0 spiro atoms. The first kappa shape index (κ1) is 22.0. The number of imidazole rings is 1. The molecule has 0 amide bonds. The van der Waals surface area contributed by atoms with Gasteiger partial charge in [0.1, 0.15) is 10.7 Å². The van der Waals surface area contributed by atoms with E-state index < -0.39 is 15.2 Å². The van der Waals surface area contributed by atoms with Gasteiger partial charge in [0.15, 0.2) is 0 Å². The smallest absolute Gasteiger partial charge is 0.303 e. The number of thioether (sulfide) groups is 1. The monoisotopic (exact) mass is 474 g/mol. The second-order valence-electron chi connectivity index (χ2n) is 7.48. The average Bonchev–Trinajstić information content (AvgIpc) is 3.26. The molecule has 0 atom stereocenters. The highest BCUT2D eigenvalue weighted by atomic mass is 32.2. The number of fused-ring (bicyclic) bond motifs is 2. The highest BCUT2D eigenvalue weighted by molar-refractivity contribution is 8.01. The molecular formula is C22H22N2O4S3. The average molecular weight is 475 g/mol. The van der Waals surface area contributed by atoms with Crippen LogP contribution in [0.25, 0.3) is 15.7 Å². The van der Waals surface area contributed by atoms with E-state index in [2.05, 4.69) is 34.9 Å². The van der Waals surface area contributed by atoms with Crippen LogP contribution in [-0.4, -0.2) is 33.2 Å². The van der Waals surface area contributed by atoms with Crippen LogP contribution in [0.4, 0.5) is 0 Å².